The normalized spacial score (nSPS) is 14.9. The van der Waals surface area contributed by atoms with Crippen LogP contribution in [0.3, 0.4) is 0 Å². The van der Waals surface area contributed by atoms with Crippen LogP contribution >= 0.6 is 11.6 Å². The van der Waals surface area contributed by atoms with E-state index in [0.717, 1.165) is 25.9 Å². The second-order valence-electron chi connectivity index (χ2n) is 8.18. The van der Waals surface area contributed by atoms with Gasteiger partial charge < -0.3 is 15.4 Å². The molecule has 2 heterocycles. The number of nitrogens with one attached hydrogen (secondary N) is 2. The van der Waals surface area contributed by atoms with Gasteiger partial charge in [0.05, 0.1) is 4.90 Å². The van der Waals surface area contributed by atoms with Crippen molar-refractivity contribution in [3.05, 3.63) is 41.7 Å². The molecule has 0 amide bonds. The summed E-state index contributed by atoms with van der Waals surface area (Å²) >= 11 is 5.82. The number of nitrogens with zero attached hydrogens (tertiary/aromatic N) is 3. The van der Waals surface area contributed by atoms with Crippen LogP contribution in [0.1, 0.15) is 33.6 Å². The Morgan fingerprint density at radius 2 is 1.81 bits per heavy atom. The van der Waals surface area contributed by atoms with Crippen LogP contribution in [0, 0.1) is 0 Å². The van der Waals surface area contributed by atoms with E-state index in [4.69, 9.17) is 11.6 Å². The van der Waals surface area contributed by atoms with Crippen LogP contribution in [-0.4, -0.2) is 60.9 Å². The molecule has 3 rings (SSSR count). The van der Waals surface area contributed by atoms with Gasteiger partial charge in [0, 0.05) is 25.0 Å². The van der Waals surface area contributed by atoms with Gasteiger partial charge in [-0.05, 0) is 77.0 Å². The summed E-state index contributed by atoms with van der Waals surface area (Å²) in [7, 11) is -1.86. The average Bonchev–Trinajstić information content (AvgIpc) is 2.74. The molecule has 1 aromatic heterocycles. The number of anilines is 2. The molecule has 2 N–H and O–H groups in total. The van der Waals surface area contributed by atoms with Crippen molar-refractivity contribution in [2.75, 3.05) is 25.5 Å². The van der Waals surface area contributed by atoms with Gasteiger partial charge in [-0.25, -0.2) is 18.4 Å². The highest BCUT2D eigenvalue weighted by molar-refractivity contribution is 7.89. The molecule has 0 atom stereocenters. The molecule has 0 unspecified atom stereocenters. The highest BCUT2D eigenvalue weighted by atomic mass is 35.5. The van der Waals surface area contributed by atoms with Gasteiger partial charge in [0.2, 0.25) is 16.0 Å². The molecule has 1 aliphatic heterocycles. The summed E-state index contributed by atoms with van der Waals surface area (Å²) in [6.07, 6.45) is 3.19. The summed E-state index contributed by atoms with van der Waals surface area (Å²) in [5.41, 5.74) is 0.368. The number of carbonyl (C=O) groups excluding carboxylic acids is 1. The maximum atomic E-state index is 12.8. The Bertz CT molecular complexity index is 974. The molecule has 1 fully saturated rings. The molecule has 0 radical (unpaired) electrons. The highest BCUT2D eigenvalue weighted by Gasteiger charge is 2.28. The third-order valence-corrected chi connectivity index (χ3v) is 6.77. The molecule has 2 aromatic rings. The number of rotatable bonds is 6. The zero-order valence-corrected chi connectivity index (χ0v) is 20.3. The number of halogens is 1. The van der Waals surface area contributed by atoms with Gasteiger partial charge in [-0.3, -0.25) is 4.79 Å². The van der Waals surface area contributed by atoms with Crippen LogP contribution < -0.4 is 10.6 Å². The molecule has 0 aliphatic carbocycles. The molecule has 176 valence electrons. The molecule has 1 aliphatic rings. The number of hydrogen-bond donors (Lipinski definition) is 2. The predicted molar refractivity (Wildman–Crippen MR) is 125 cm³/mol. The van der Waals surface area contributed by atoms with Crippen molar-refractivity contribution in [2.45, 2.75) is 50.2 Å². The minimum atomic E-state index is -3.51. The van der Waals surface area contributed by atoms with Gasteiger partial charge in [-0.1, -0.05) is 11.6 Å². The predicted octanol–water partition coefficient (Wildman–Crippen LogP) is 3.20. The molecule has 0 bridgehead atoms. The number of sulfonamides is 1. The maximum Gasteiger partial charge on any atom is 0.293 e. The molecule has 1 saturated heterocycles. The fourth-order valence-corrected chi connectivity index (χ4v) is 4.47. The van der Waals surface area contributed by atoms with E-state index in [0.29, 0.717) is 23.3 Å². The third-order valence-electron chi connectivity index (χ3n) is 4.63. The van der Waals surface area contributed by atoms with Crippen molar-refractivity contribution in [3.63, 3.8) is 0 Å². The monoisotopic (exact) mass is 483 g/mol. The fourth-order valence-electron chi connectivity index (χ4n) is 2.91. The molecule has 0 saturated carbocycles. The SMILES string of the molecule is CC(C)(C)OC=O.CN(C1CCNCC1)S(=O)(=O)c1ccc(Nc2nccc(Cl)n2)cc1. The van der Waals surface area contributed by atoms with Crippen LogP contribution in [0.4, 0.5) is 11.6 Å². The largest absolute Gasteiger partial charge is 0.462 e. The summed E-state index contributed by atoms with van der Waals surface area (Å²) in [5.74, 6) is 0.356. The topological polar surface area (TPSA) is 114 Å². The Balaban J connectivity index is 0.000000451. The van der Waals surface area contributed by atoms with E-state index in [1.807, 2.05) is 20.8 Å². The van der Waals surface area contributed by atoms with E-state index >= 15 is 0 Å². The molecule has 9 nitrogen and oxygen atoms in total. The molecular weight excluding hydrogens is 454 g/mol. The lowest BCUT2D eigenvalue weighted by Gasteiger charge is -2.30. The van der Waals surface area contributed by atoms with Gasteiger partial charge in [-0.2, -0.15) is 4.31 Å². The van der Waals surface area contributed by atoms with Crippen LogP contribution in [0.2, 0.25) is 5.15 Å². The lowest BCUT2D eigenvalue weighted by molar-refractivity contribution is -0.138. The fraction of sp³-hybridized carbons (Fsp3) is 0.476. The van der Waals surface area contributed by atoms with E-state index in [1.165, 1.54) is 4.31 Å². The molecule has 1 aromatic carbocycles. The van der Waals surface area contributed by atoms with Crippen molar-refractivity contribution in [3.8, 4) is 0 Å². The summed E-state index contributed by atoms with van der Waals surface area (Å²) in [6, 6.07) is 8.16. The minimum absolute atomic E-state index is 0.0314. The Morgan fingerprint density at radius 3 is 2.31 bits per heavy atom. The Morgan fingerprint density at radius 1 is 1.19 bits per heavy atom. The van der Waals surface area contributed by atoms with E-state index in [-0.39, 0.29) is 16.5 Å². The zero-order chi connectivity index (χ0) is 23.8. The van der Waals surface area contributed by atoms with Crippen LogP contribution in [0.25, 0.3) is 0 Å². The van der Waals surface area contributed by atoms with Crippen molar-refractivity contribution in [2.24, 2.45) is 0 Å². The second-order valence-corrected chi connectivity index (χ2v) is 10.6. The van der Waals surface area contributed by atoms with Gasteiger partial charge >= 0.3 is 0 Å². The molecular formula is C21H30ClN5O4S. The van der Waals surface area contributed by atoms with Crippen LogP contribution in [0.5, 0.6) is 0 Å². The lowest BCUT2D eigenvalue weighted by Crippen LogP contribution is -2.43. The maximum absolute atomic E-state index is 12.8. The van der Waals surface area contributed by atoms with E-state index < -0.39 is 10.0 Å². The van der Waals surface area contributed by atoms with Gasteiger partial charge in [0.1, 0.15) is 10.8 Å². The average molecular weight is 484 g/mol. The minimum Gasteiger partial charge on any atom is -0.462 e. The molecule has 0 spiro atoms. The Kier molecular flexibility index (Phi) is 9.38. The van der Waals surface area contributed by atoms with E-state index in [1.54, 1.807) is 43.6 Å². The first-order valence-electron chi connectivity index (χ1n) is 10.2. The number of ether oxygens (including phenoxy) is 1. The summed E-state index contributed by atoms with van der Waals surface area (Å²) in [6.45, 7) is 7.60. The first kappa shape index (κ1) is 26.0. The highest BCUT2D eigenvalue weighted by Crippen LogP contribution is 2.23. The smallest absolute Gasteiger partial charge is 0.293 e. The van der Waals surface area contributed by atoms with E-state index in [2.05, 4.69) is 25.3 Å². The molecule has 32 heavy (non-hydrogen) atoms. The standard InChI is InChI=1S/C16H20ClN5O2S.C5H10O2/c1-22(13-6-9-18-10-7-13)25(23,24)14-4-2-12(3-5-14)20-16-19-11-8-15(17)21-16;1-5(2,3)7-4-6/h2-5,8,11,13,18H,6-7,9-10H2,1H3,(H,19,20,21);4H,1-3H3. The van der Waals surface area contributed by atoms with Gasteiger partial charge in [0.25, 0.3) is 6.47 Å². The number of aromatic nitrogens is 2. The van der Waals surface area contributed by atoms with Crippen LogP contribution in [-0.2, 0) is 19.6 Å². The first-order chi connectivity index (χ1) is 15.0. The lowest BCUT2D eigenvalue weighted by atomic mass is 10.1. The van der Waals surface area contributed by atoms with Crippen LogP contribution in [0.15, 0.2) is 41.4 Å². The summed E-state index contributed by atoms with van der Waals surface area (Å²) < 4.78 is 31.6. The number of benzene rings is 1. The second kappa shape index (κ2) is 11.6. The summed E-state index contributed by atoms with van der Waals surface area (Å²) in [4.78, 5) is 18.0. The quantitative estimate of drug-likeness (QED) is 0.475. The number of piperidine rings is 1. The van der Waals surface area contributed by atoms with Crippen molar-refractivity contribution < 1.29 is 17.9 Å². The number of carbonyl (C=O) groups is 1. The summed E-state index contributed by atoms with van der Waals surface area (Å²) in [5, 5.41) is 6.57. The van der Waals surface area contributed by atoms with Gasteiger partial charge in [0.15, 0.2) is 0 Å². The number of hydrogen-bond acceptors (Lipinski definition) is 8. The Labute approximate surface area is 194 Å². The first-order valence-corrected chi connectivity index (χ1v) is 12.0. The third kappa shape index (κ3) is 8.01. The van der Waals surface area contributed by atoms with Gasteiger partial charge in [-0.15, -0.1) is 0 Å². The Hall–Kier alpha value is -2.27. The van der Waals surface area contributed by atoms with E-state index in [9.17, 15) is 13.2 Å². The van der Waals surface area contributed by atoms with Crippen molar-refractivity contribution in [1.82, 2.24) is 19.6 Å². The van der Waals surface area contributed by atoms with Crippen molar-refractivity contribution in [1.29, 1.82) is 0 Å². The van der Waals surface area contributed by atoms with Crippen molar-refractivity contribution >= 4 is 39.7 Å². The zero-order valence-electron chi connectivity index (χ0n) is 18.7. The molecule has 11 heteroatoms.